The molecule has 2 rings (SSSR count). The van der Waals surface area contributed by atoms with Crippen LogP contribution in [0.15, 0.2) is 47.4 Å². The van der Waals surface area contributed by atoms with Gasteiger partial charge in [0.1, 0.15) is 4.90 Å². The Morgan fingerprint density at radius 2 is 1.81 bits per heavy atom. The van der Waals surface area contributed by atoms with Crippen molar-refractivity contribution in [2.24, 2.45) is 0 Å². The Kier molecular flexibility index (Phi) is 8.12. The number of rotatable bonds is 6. The molecule has 0 aliphatic heterocycles. The van der Waals surface area contributed by atoms with E-state index in [4.69, 9.17) is 11.6 Å². The van der Waals surface area contributed by atoms with Crippen molar-refractivity contribution in [3.8, 4) is 11.8 Å². The van der Waals surface area contributed by atoms with E-state index in [0.717, 1.165) is 12.1 Å². The minimum atomic E-state index is -4.47. The fraction of sp³-hybridized carbons (Fsp3) is 0.286. The third-order valence-corrected chi connectivity index (χ3v) is 6.81. The Bertz CT molecular complexity index is 1120. The van der Waals surface area contributed by atoms with Crippen molar-refractivity contribution in [2.45, 2.75) is 24.9 Å². The van der Waals surface area contributed by atoms with E-state index in [0.29, 0.717) is 0 Å². The minimum absolute atomic E-state index is 0.00668. The first-order valence-corrected chi connectivity index (χ1v) is 11.1. The summed E-state index contributed by atoms with van der Waals surface area (Å²) < 4.78 is 64.8. The molecule has 31 heavy (non-hydrogen) atoms. The fourth-order valence-corrected chi connectivity index (χ4v) is 4.65. The molecule has 0 aliphatic rings. The Labute approximate surface area is 184 Å². The van der Waals surface area contributed by atoms with Gasteiger partial charge in [0.2, 0.25) is 10.0 Å². The Hall–Kier alpha value is -2.54. The van der Waals surface area contributed by atoms with Crippen LogP contribution in [-0.2, 0) is 16.2 Å². The molecule has 0 spiro atoms. The number of benzene rings is 2. The van der Waals surface area contributed by atoms with Gasteiger partial charge in [0.15, 0.2) is 0 Å². The second-order valence-electron chi connectivity index (χ2n) is 6.30. The number of halogens is 4. The van der Waals surface area contributed by atoms with Crippen molar-refractivity contribution in [3.05, 3.63) is 64.2 Å². The molecule has 0 unspecified atom stereocenters. The molecule has 0 saturated heterocycles. The lowest BCUT2D eigenvalue weighted by Gasteiger charge is -2.19. The predicted octanol–water partition coefficient (Wildman–Crippen LogP) is 4.17. The van der Waals surface area contributed by atoms with Crippen molar-refractivity contribution < 1.29 is 26.4 Å². The van der Waals surface area contributed by atoms with Crippen LogP contribution in [0.25, 0.3) is 0 Å². The van der Waals surface area contributed by atoms with Crippen LogP contribution in [0.2, 0.25) is 5.02 Å². The van der Waals surface area contributed by atoms with Crippen LogP contribution in [0, 0.1) is 11.8 Å². The van der Waals surface area contributed by atoms with Crippen LogP contribution in [0.1, 0.15) is 35.3 Å². The highest BCUT2D eigenvalue weighted by Crippen LogP contribution is 2.29. The molecule has 0 aromatic heterocycles. The maximum absolute atomic E-state index is 12.7. The van der Waals surface area contributed by atoms with Gasteiger partial charge in [0, 0.05) is 24.2 Å². The number of nitrogens with zero attached hydrogens (tertiary/aromatic N) is 1. The molecule has 2 aromatic carbocycles. The first-order valence-electron chi connectivity index (χ1n) is 9.24. The van der Waals surface area contributed by atoms with Gasteiger partial charge < -0.3 is 5.32 Å². The van der Waals surface area contributed by atoms with Gasteiger partial charge in [-0.25, -0.2) is 8.42 Å². The predicted molar refractivity (Wildman–Crippen MR) is 112 cm³/mol. The average Bonchev–Trinajstić information content (AvgIpc) is 2.71. The number of hydrogen-bond acceptors (Lipinski definition) is 3. The van der Waals surface area contributed by atoms with E-state index < -0.39 is 27.7 Å². The van der Waals surface area contributed by atoms with E-state index in [1.165, 1.54) is 34.6 Å². The van der Waals surface area contributed by atoms with E-state index in [9.17, 15) is 26.4 Å². The maximum Gasteiger partial charge on any atom is 0.416 e. The number of alkyl halides is 3. The van der Waals surface area contributed by atoms with Crippen molar-refractivity contribution in [1.82, 2.24) is 9.62 Å². The lowest BCUT2D eigenvalue weighted by Crippen LogP contribution is -2.31. The zero-order chi connectivity index (χ0) is 23.2. The molecule has 0 aliphatic carbocycles. The highest BCUT2D eigenvalue weighted by molar-refractivity contribution is 7.89. The van der Waals surface area contributed by atoms with Crippen molar-refractivity contribution in [2.75, 3.05) is 19.6 Å². The molecule has 1 N–H and O–H groups in total. The lowest BCUT2D eigenvalue weighted by atomic mass is 10.1. The van der Waals surface area contributed by atoms with Crippen LogP contribution in [-0.4, -0.2) is 38.3 Å². The highest BCUT2D eigenvalue weighted by atomic mass is 35.5. The van der Waals surface area contributed by atoms with Gasteiger partial charge in [-0.05, 0) is 36.4 Å². The van der Waals surface area contributed by atoms with E-state index in [2.05, 4.69) is 17.2 Å². The maximum atomic E-state index is 12.7. The summed E-state index contributed by atoms with van der Waals surface area (Å²) in [4.78, 5) is 12.2. The van der Waals surface area contributed by atoms with E-state index in [1.807, 2.05) is 0 Å². The van der Waals surface area contributed by atoms with Crippen LogP contribution in [0.3, 0.4) is 0 Å². The van der Waals surface area contributed by atoms with E-state index in [1.54, 1.807) is 13.8 Å². The molecule has 0 fully saturated rings. The first-order chi connectivity index (χ1) is 14.5. The highest BCUT2D eigenvalue weighted by Gasteiger charge is 2.30. The second kappa shape index (κ2) is 10.2. The summed E-state index contributed by atoms with van der Waals surface area (Å²) >= 11 is 6.04. The van der Waals surface area contributed by atoms with Crippen molar-refractivity contribution >= 4 is 27.5 Å². The van der Waals surface area contributed by atoms with Crippen LogP contribution in [0.4, 0.5) is 13.2 Å². The molecule has 0 heterocycles. The molecular formula is C21H20ClF3N2O3S. The lowest BCUT2D eigenvalue weighted by molar-refractivity contribution is -0.137. The van der Waals surface area contributed by atoms with Crippen molar-refractivity contribution in [3.63, 3.8) is 0 Å². The molecule has 1 amide bonds. The van der Waals surface area contributed by atoms with Gasteiger partial charge in [-0.1, -0.05) is 43.4 Å². The normalized spacial score (nSPS) is 11.7. The number of carbonyl (C=O) groups excluding carboxylic acids is 1. The number of hydrogen-bond donors (Lipinski definition) is 1. The van der Waals surface area contributed by atoms with Crippen LogP contribution in [0.5, 0.6) is 0 Å². The topological polar surface area (TPSA) is 66.5 Å². The minimum Gasteiger partial charge on any atom is -0.341 e. The second-order valence-corrected chi connectivity index (χ2v) is 8.61. The van der Waals surface area contributed by atoms with E-state index >= 15 is 0 Å². The zero-order valence-electron chi connectivity index (χ0n) is 16.8. The SMILES string of the molecule is CCN(CC)S(=O)(=O)c1cc(C(=O)NCC#Cc2cccc(C(F)(F)F)c2)ccc1Cl. The average molecular weight is 473 g/mol. The Morgan fingerprint density at radius 1 is 1.13 bits per heavy atom. The van der Waals surface area contributed by atoms with Gasteiger partial charge in [0.25, 0.3) is 5.91 Å². The third-order valence-electron chi connectivity index (χ3n) is 4.28. The summed E-state index contributed by atoms with van der Waals surface area (Å²) in [6, 6.07) is 8.41. The Balaban J connectivity index is 2.14. The summed E-state index contributed by atoms with van der Waals surface area (Å²) in [5.74, 6) is 4.53. The molecule has 5 nitrogen and oxygen atoms in total. The fourth-order valence-electron chi connectivity index (χ4n) is 2.69. The van der Waals surface area contributed by atoms with Gasteiger partial charge in [-0.2, -0.15) is 17.5 Å². The number of carbonyl (C=O) groups is 1. The molecule has 0 saturated carbocycles. The van der Waals surface area contributed by atoms with Crippen LogP contribution >= 0.6 is 11.6 Å². The first kappa shape index (κ1) is 24.7. The summed E-state index contributed by atoms with van der Waals surface area (Å²) in [7, 11) is -3.86. The molecule has 10 heteroatoms. The molecule has 0 radical (unpaired) electrons. The molecule has 2 aromatic rings. The molecule has 0 bridgehead atoms. The Morgan fingerprint density at radius 3 is 2.42 bits per heavy atom. The largest absolute Gasteiger partial charge is 0.416 e. The summed E-state index contributed by atoms with van der Waals surface area (Å²) in [5.41, 5.74) is -0.592. The number of amides is 1. The summed E-state index contributed by atoms with van der Waals surface area (Å²) in [6.07, 6.45) is -4.47. The van der Waals surface area contributed by atoms with Crippen LogP contribution < -0.4 is 5.32 Å². The summed E-state index contributed by atoms with van der Waals surface area (Å²) in [6.45, 7) is 3.73. The monoisotopic (exact) mass is 472 g/mol. The van der Waals surface area contributed by atoms with Gasteiger partial charge >= 0.3 is 6.18 Å². The van der Waals surface area contributed by atoms with Gasteiger partial charge in [-0.15, -0.1) is 0 Å². The van der Waals surface area contributed by atoms with Gasteiger partial charge in [0.05, 0.1) is 17.1 Å². The third kappa shape index (κ3) is 6.23. The van der Waals surface area contributed by atoms with E-state index in [-0.39, 0.29) is 40.7 Å². The van der Waals surface area contributed by atoms with Crippen molar-refractivity contribution in [1.29, 1.82) is 0 Å². The summed E-state index contributed by atoms with van der Waals surface area (Å²) in [5, 5.41) is 2.48. The smallest absolute Gasteiger partial charge is 0.341 e. The quantitative estimate of drug-likeness (QED) is 0.642. The van der Waals surface area contributed by atoms with Gasteiger partial charge in [-0.3, -0.25) is 4.79 Å². The molecule has 166 valence electrons. The number of sulfonamides is 1. The zero-order valence-corrected chi connectivity index (χ0v) is 18.3. The molecular weight excluding hydrogens is 453 g/mol. The standard InChI is InChI=1S/C21H20ClF3N2O3S/c1-3-27(4-2)31(29,30)19-14-16(10-11-18(19)22)20(28)26-12-6-8-15-7-5-9-17(13-15)21(23,24)25/h5,7,9-11,13-14H,3-4,12H2,1-2H3,(H,26,28). The molecule has 0 atom stereocenters. The number of nitrogens with one attached hydrogen (secondary N) is 1.